The number of amides is 1. The normalized spacial score (nSPS) is 36.2. The van der Waals surface area contributed by atoms with E-state index < -0.39 is 0 Å². The average molecular weight is 335 g/mol. The molecule has 4 fully saturated rings. The Morgan fingerprint density at radius 1 is 1.26 bits per heavy atom. The second-order valence-corrected chi connectivity index (χ2v) is 9.15. The van der Waals surface area contributed by atoms with Crippen molar-refractivity contribution in [2.24, 2.45) is 17.8 Å². The van der Waals surface area contributed by atoms with Crippen molar-refractivity contribution in [3.8, 4) is 0 Å². The number of nitrogen functional groups attached to an aromatic ring is 1. The summed E-state index contributed by atoms with van der Waals surface area (Å²) >= 11 is 1.38. The topological polar surface area (TPSA) is 85.8 Å². The molecule has 4 bridgehead atoms. The van der Waals surface area contributed by atoms with Gasteiger partial charge in [-0.1, -0.05) is 11.8 Å². The molecule has 0 spiro atoms. The highest BCUT2D eigenvalue weighted by molar-refractivity contribution is 8.00. The van der Waals surface area contributed by atoms with Crippen LogP contribution in [0.1, 0.15) is 51.3 Å². The molecule has 1 aromatic heterocycles. The molecule has 4 aliphatic carbocycles. The zero-order valence-electron chi connectivity index (χ0n) is 13.8. The average Bonchev–Trinajstić information content (AvgIpc) is 2.77. The van der Waals surface area contributed by atoms with Crippen molar-refractivity contribution in [2.75, 3.05) is 5.84 Å². The number of aryl methyl sites for hydroxylation is 1. The molecule has 4 saturated carbocycles. The number of carbonyl (C=O) groups excluding carboxylic acids is 1. The minimum absolute atomic E-state index is 0.0625. The third kappa shape index (κ3) is 2.73. The van der Waals surface area contributed by atoms with E-state index in [0.29, 0.717) is 11.0 Å². The molecule has 3 N–H and O–H groups in total. The Bertz CT molecular complexity index is 593. The van der Waals surface area contributed by atoms with E-state index in [1.54, 1.807) is 6.92 Å². The number of hydrogen-bond donors (Lipinski definition) is 2. The molecular weight excluding hydrogens is 310 g/mol. The first-order valence-corrected chi connectivity index (χ1v) is 9.48. The molecule has 4 aliphatic rings. The lowest BCUT2D eigenvalue weighted by molar-refractivity contribution is -0.126. The van der Waals surface area contributed by atoms with Crippen LogP contribution in [0.4, 0.5) is 0 Å². The van der Waals surface area contributed by atoms with Crippen LogP contribution in [0.2, 0.25) is 0 Å². The van der Waals surface area contributed by atoms with Crippen LogP contribution in [0.3, 0.4) is 0 Å². The molecule has 0 unspecified atom stereocenters. The molecule has 0 aromatic carbocycles. The summed E-state index contributed by atoms with van der Waals surface area (Å²) in [5, 5.41) is 11.8. The standard InChI is InChI=1S/C16H25N5OS/c1-9(23-15-20-19-10(2)21(15)17)14(22)18-16-6-11-3-12(7-16)5-13(4-11)8-16/h9,11-13H,3-8,17H2,1-2H3,(H,18,22)/t9-,11?,12?,13?,16?/m0/s1. The maximum Gasteiger partial charge on any atom is 0.233 e. The molecule has 1 heterocycles. The second-order valence-electron chi connectivity index (χ2n) is 7.85. The van der Waals surface area contributed by atoms with Crippen molar-refractivity contribution < 1.29 is 4.79 Å². The number of hydrogen-bond acceptors (Lipinski definition) is 5. The van der Waals surface area contributed by atoms with Crippen LogP contribution >= 0.6 is 11.8 Å². The Morgan fingerprint density at radius 3 is 2.30 bits per heavy atom. The number of aromatic nitrogens is 3. The summed E-state index contributed by atoms with van der Waals surface area (Å²) in [6, 6.07) is 0. The minimum Gasteiger partial charge on any atom is -0.350 e. The molecular formula is C16H25N5OS. The lowest BCUT2D eigenvalue weighted by Gasteiger charge is -2.57. The predicted octanol–water partition coefficient (Wildman–Crippen LogP) is 1.87. The number of nitrogens with two attached hydrogens (primary N) is 1. The maximum absolute atomic E-state index is 12.7. The lowest BCUT2D eigenvalue weighted by atomic mass is 9.53. The molecule has 23 heavy (non-hydrogen) atoms. The SMILES string of the molecule is Cc1nnc(S[C@@H](C)C(=O)NC23CC4CC(CC(C4)C2)C3)n1N. The third-order valence-electron chi connectivity index (χ3n) is 5.91. The Balaban J connectivity index is 1.42. The lowest BCUT2D eigenvalue weighted by Crippen LogP contribution is -2.60. The molecule has 1 amide bonds. The molecule has 0 aliphatic heterocycles. The van der Waals surface area contributed by atoms with E-state index >= 15 is 0 Å². The Kier molecular flexibility index (Phi) is 3.59. The van der Waals surface area contributed by atoms with Gasteiger partial charge >= 0.3 is 0 Å². The zero-order chi connectivity index (χ0) is 16.2. The van der Waals surface area contributed by atoms with Gasteiger partial charge in [0.25, 0.3) is 0 Å². The Hall–Kier alpha value is -1.24. The van der Waals surface area contributed by atoms with Gasteiger partial charge in [0, 0.05) is 5.54 Å². The van der Waals surface area contributed by atoms with Crippen LogP contribution in [0.15, 0.2) is 5.16 Å². The van der Waals surface area contributed by atoms with Crippen molar-refractivity contribution in [1.82, 2.24) is 20.2 Å². The largest absolute Gasteiger partial charge is 0.350 e. The van der Waals surface area contributed by atoms with E-state index in [2.05, 4.69) is 15.5 Å². The first kappa shape index (κ1) is 15.3. The van der Waals surface area contributed by atoms with Crippen LogP contribution in [-0.4, -0.2) is 31.6 Å². The highest BCUT2D eigenvalue weighted by atomic mass is 32.2. The van der Waals surface area contributed by atoms with Gasteiger partial charge < -0.3 is 11.2 Å². The highest BCUT2D eigenvalue weighted by Crippen LogP contribution is 2.55. The van der Waals surface area contributed by atoms with Gasteiger partial charge in [-0.05, 0) is 70.1 Å². The van der Waals surface area contributed by atoms with Gasteiger partial charge in [-0.2, -0.15) is 0 Å². The Morgan fingerprint density at radius 2 is 1.83 bits per heavy atom. The number of nitrogens with zero attached hydrogens (tertiary/aromatic N) is 3. The van der Waals surface area contributed by atoms with E-state index in [-0.39, 0.29) is 16.7 Å². The fourth-order valence-electron chi connectivity index (χ4n) is 5.27. The number of nitrogens with one attached hydrogen (secondary N) is 1. The first-order valence-electron chi connectivity index (χ1n) is 8.60. The summed E-state index contributed by atoms with van der Waals surface area (Å²) in [6.07, 6.45) is 7.68. The first-order chi connectivity index (χ1) is 10.9. The summed E-state index contributed by atoms with van der Waals surface area (Å²) in [7, 11) is 0. The summed E-state index contributed by atoms with van der Waals surface area (Å²) in [5.41, 5.74) is 0.0625. The quantitative estimate of drug-likeness (QED) is 0.648. The second kappa shape index (κ2) is 5.40. The summed E-state index contributed by atoms with van der Waals surface area (Å²) < 4.78 is 1.44. The number of thioether (sulfide) groups is 1. The van der Waals surface area contributed by atoms with Gasteiger partial charge in [-0.3, -0.25) is 4.79 Å². The van der Waals surface area contributed by atoms with Crippen molar-refractivity contribution in [2.45, 2.75) is 68.3 Å². The molecule has 0 radical (unpaired) electrons. The molecule has 1 atom stereocenters. The molecule has 5 rings (SSSR count). The number of rotatable bonds is 4. The van der Waals surface area contributed by atoms with E-state index in [4.69, 9.17) is 5.84 Å². The number of carbonyl (C=O) groups is 1. The van der Waals surface area contributed by atoms with Gasteiger partial charge in [0.1, 0.15) is 5.82 Å². The van der Waals surface area contributed by atoms with Crippen LogP contribution in [0.5, 0.6) is 0 Å². The van der Waals surface area contributed by atoms with Crippen LogP contribution in [0.25, 0.3) is 0 Å². The summed E-state index contributed by atoms with van der Waals surface area (Å²) in [6.45, 7) is 3.72. The van der Waals surface area contributed by atoms with Crippen molar-refractivity contribution in [3.63, 3.8) is 0 Å². The van der Waals surface area contributed by atoms with E-state index in [9.17, 15) is 4.79 Å². The highest BCUT2D eigenvalue weighted by Gasteiger charge is 2.51. The van der Waals surface area contributed by atoms with Gasteiger partial charge in [-0.25, -0.2) is 4.68 Å². The minimum atomic E-state index is -0.214. The van der Waals surface area contributed by atoms with Gasteiger partial charge in [0.2, 0.25) is 11.1 Å². The van der Waals surface area contributed by atoms with Crippen molar-refractivity contribution in [1.29, 1.82) is 0 Å². The summed E-state index contributed by atoms with van der Waals surface area (Å²) in [4.78, 5) is 12.7. The zero-order valence-corrected chi connectivity index (χ0v) is 14.6. The van der Waals surface area contributed by atoms with Gasteiger partial charge in [-0.15, -0.1) is 10.2 Å². The van der Waals surface area contributed by atoms with Crippen molar-refractivity contribution >= 4 is 17.7 Å². The van der Waals surface area contributed by atoms with E-state index in [1.165, 1.54) is 55.0 Å². The van der Waals surface area contributed by atoms with Gasteiger partial charge in [0.15, 0.2) is 0 Å². The van der Waals surface area contributed by atoms with Crippen molar-refractivity contribution in [3.05, 3.63) is 5.82 Å². The molecule has 6 nitrogen and oxygen atoms in total. The third-order valence-corrected chi connectivity index (χ3v) is 6.97. The smallest absolute Gasteiger partial charge is 0.233 e. The maximum atomic E-state index is 12.7. The van der Waals surface area contributed by atoms with Gasteiger partial charge in [0.05, 0.1) is 5.25 Å². The van der Waals surface area contributed by atoms with Crippen LogP contribution in [-0.2, 0) is 4.79 Å². The molecule has 1 aromatic rings. The van der Waals surface area contributed by atoms with E-state index in [1.807, 2.05) is 6.92 Å². The monoisotopic (exact) mass is 335 g/mol. The molecule has 0 saturated heterocycles. The van der Waals surface area contributed by atoms with Crippen LogP contribution < -0.4 is 11.2 Å². The van der Waals surface area contributed by atoms with E-state index in [0.717, 1.165) is 17.8 Å². The predicted molar refractivity (Wildman–Crippen MR) is 89.3 cm³/mol. The fraction of sp³-hybridized carbons (Fsp3) is 0.812. The molecule has 7 heteroatoms. The molecule has 126 valence electrons. The van der Waals surface area contributed by atoms with Crippen LogP contribution in [0, 0.1) is 24.7 Å². The summed E-state index contributed by atoms with van der Waals surface area (Å²) in [5.74, 6) is 9.14. The fourth-order valence-corrected chi connectivity index (χ4v) is 6.08. The Labute approximate surface area is 140 Å².